The van der Waals surface area contributed by atoms with Crippen LogP contribution in [0.5, 0.6) is 0 Å². The lowest BCUT2D eigenvalue weighted by molar-refractivity contribution is 0.783. The molecule has 0 radical (unpaired) electrons. The summed E-state index contributed by atoms with van der Waals surface area (Å²) in [6, 6.07) is 9.93. The Morgan fingerprint density at radius 2 is 1.89 bits per heavy atom. The number of hydrogen-bond donors (Lipinski definition) is 2. The molecule has 0 atom stereocenters. The summed E-state index contributed by atoms with van der Waals surface area (Å²) in [4.78, 5) is 22.0. The van der Waals surface area contributed by atoms with E-state index in [9.17, 15) is 0 Å². The third-order valence-corrected chi connectivity index (χ3v) is 4.35. The second-order valence-corrected chi connectivity index (χ2v) is 6.02. The van der Waals surface area contributed by atoms with Crippen molar-refractivity contribution in [2.75, 3.05) is 11.1 Å². The molecule has 3 heterocycles. The molecule has 4 rings (SSSR count). The Balaban J connectivity index is 1.78. The minimum absolute atomic E-state index is 0.215. The van der Waals surface area contributed by atoms with Crippen LogP contribution < -0.4 is 11.1 Å². The third kappa shape index (κ3) is 3.17. The molecule has 0 aliphatic carbocycles. The van der Waals surface area contributed by atoms with Crippen molar-refractivity contribution in [2.45, 2.75) is 26.8 Å². The summed E-state index contributed by atoms with van der Waals surface area (Å²) in [5, 5.41) is 3.32. The SMILES string of the molecule is CCc1ccccc1Nc1ncc2nc(-c3ccnc(N)n3)n(CC)c2n1. The number of fused-ring (bicyclic) bond motifs is 1. The van der Waals surface area contributed by atoms with E-state index in [0.29, 0.717) is 29.5 Å². The Kier molecular flexibility index (Phi) is 4.37. The van der Waals surface area contributed by atoms with Gasteiger partial charge in [0, 0.05) is 18.4 Å². The van der Waals surface area contributed by atoms with Crippen molar-refractivity contribution in [1.29, 1.82) is 0 Å². The summed E-state index contributed by atoms with van der Waals surface area (Å²) in [6.45, 7) is 4.85. The zero-order chi connectivity index (χ0) is 18.8. The Morgan fingerprint density at radius 3 is 2.67 bits per heavy atom. The van der Waals surface area contributed by atoms with E-state index in [-0.39, 0.29) is 5.95 Å². The molecule has 0 aliphatic heterocycles. The highest BCUT2D eigenvalue weighted by molar-refractivity contribution is 5.77. The van der Waals surface area contributed by atoms with Crippen molar-refractivity contribution in [1.82, 2.24) is 29.5 Å². The van der Waals surface area contributed by atoms with Gasteiger partial charge in [-0.15, -0.1) is 0 Å². The van der Waals surface area contributed by atoms with Crippen molar-refractivity contribution >= 4 is 28.7 Å². The van der Waals surface area contributed by atoms with E-state index in [1.54, 1.807) is 18.5 Å². The number of para-hydroxylation sites is 1. The van der Waals surface area contributed by atoms with Gasteiger partial charge in [0.15, 0.2) is 11.5 Å². The number of anilines is 3. The molecule has 0 fully saturated rings. The van der Waals surface area contributed by atoms with Crippen molar-refractivity contribution in [3.63, 3.8) is 0 Å². The van der Waals surface area contributed by atoms with Gasteiger partial charge < -0.3 is 15.6 Å². The first-order valence-electron chi connectivity index (χ1n) is 8.86. The van der Waals surface area contributed by atoms with Crippen LogP contribution in [0.25, 0.3) is 22.7 Å². The fourth-order valence-corrected chi connectivity index (χ4v) is 3.04. The van der Waals surface area contributed by atoms with Gasteiger partial charge in [0.25, 0.3) is 0 Å². The first-order chi connectivity index (χ1) is 13.2. The maximum absolute atomic E-state index is 5.72. The monoisotopic (exact) mass is 360 g/mol. The third-order valence-electron chi connectivity index (χ3n) is 4.35. The molecule has 136 valence electrons. The number of imidazole rings is 1. The smallest absolute Gasteiger partial charge is 0.229 e. The van der Waals surface area contributed by atoms with Gasteiger partial charge in [-0.3, -0.25) is 0 Å². The van der Waals surface area contributed by atoms with Gasteiger partial charge in [-0.1, -0.05) is 25.1 Å². The van der Waals surface area contributed by atoms with E-state index in [1.165, 1.54) is 5.56 Å². The summed E-state index contributed by atoms with van der Waals surface area (Å²) in [6.07, 6.45) is 4.27. The van der Waals surface area contributed by atoms with E-state index in [4.69, 9.17) is 5.73 Å². The summed E-state index contributed by atoms with van der Waals surface area (Å²) in [5.74, 6) is 1.44. The molecule has 1 aromatic carbocycles. The summed E-state index contributed by atoms with van der Waals surface area (Å²) < 4.78 is 2.00. The normalized spacial score (nSPS) is 11.0. The Hall–Kier alpha value is -3.55. The number of hydrogen-bond acceptors (Lipinski definition) is 7. The molecule has 0 unspecified atom stereocenters. The molecule has 27 heavy (non-hydrogen) atoms. The maximum atomic E-state index is 5.72. The first-order valence-corrected chi connectivity index (χ1v) is 8.86. The second kappa shape index (κ2) is 6.99. The first kappa shape index (κ1) is 16.9. The average Bonchev–Trinajstić information content (AvgIpc) is 3.06. The van der Waals surface area contributed by atoms with Crippen LogP contribution in [0, 0.1) is 0 Å². The average molecular weight is 360 g/mol. The summed E-state index contributed by atoms with van der Waals surface area (Å²) >= 11 is 0. The van der Waals surface area contributed by atoms with Crippen molar-refractivity contribution in [3.05, 3.63) is 48.3 Å². The number of nitrogens with one attached hydrogen (secondary N) is 1. The quantitative estimate of drug-likeness (QED) is 0.563. The molecule has 0 spiro atoms. The van der Waals surface area contributed by atoms with Crippen molar-refractivity contribution < 1.29 is 0 Å². The predicted octanol–water partition coefficient (Wildman–Crippen LogP) is 3.19. The van der Waals surface area contributed by atoms with E-state index in [0.717, 1.165) is 17.8 Å². The van der Waals surface area contributed by atoms with Gasteiger partial charge in [-0.25, -0.2) is 19.9 Å². The molecule has 0 bridgehead atoms. The molecule has 0 saturated heterocycles. The lowest BCUT2D eigenvalue weighted by Gasteiger charge is -2.09. The number of aromatic nitrogens is 6. The topological polar surface area (TPSA) is 107 Å². The predicted molar refractivity (Wildman–Crippen MR) is 106 cm³/mol. The summed E-state index contributed by atoms with van der Waals surface area (Å²) in [7, 11) is 0. The molecule has 4 aromatic rings. The molecular weight excluding hydrogens is 340 g/mol. The van der Waals surface area contributed by atoms with Crippen LogP contribution in [0.3, 0.4) is 0 Å². The van der Waals surface area contributed by atoms with Gasteiger partial charge in [0.2, 0.25) is 11.9 Å². The van der Waals surface area contributed by atoms with Gasteiger partial charge in [0.1, 0.15) is 11.2 Å². The van der Waals surface area contributed by atoms with Crippen LogP contribution in [-0.4, -0.2) is 29.5 Å². The van der Waals surface area contributed by atoms with Crippen LogP contribution in [-0.2, 0) is 13.0 Å². The second-order valence-electron chi connectivity index (χ2n) is 6.02. The van der Waals surface area contributed by atoms with E-state index >= 15 is 0 Å². The number of benzene rings is 1. The molecule has 0 aliphatic rings. The highest BCUT2D eigenvalue weighted by Gasteiger charge is 2.15. The van der Waals surface area contributed by atoms with Crippen LogP contribution >= 0.6 is 0 Å². The van der Waals surface area contributed by atoms with Crippen molar-refractivity contribution in [2.24, 2.45) is 0 Å². The number of aryl methyl sites for hydroxylation is 2. The minimum Gasteiger partial charge on any atom is -0.368 e. The maximum Gasteiger partial charge on any atom is 0.229 e. The number of nitrogens with two attached hydrogens (primary N) is 1. The largest absolute Gasteiger partial charge is 0.368 e. The van der Waals surface area contributed by atoms with Crippen LogP contribution in [0.2, 0.25) is 0 Å². The van der Waals surface area contributed by atoms with E-state index in [2.05, 4.69) is 43.2 Å². The molecule has 8 heteroatoms. The number of nitrogen functional groups attached to an aromatic ring is 1. The fraction of sp³-hybridized carbons (Fsp3) is 0.211. The molecule has 0 saturated carbocycles. The molecule has 3 aromatic heterocycles. The number of rotatable bonds is 5. The highest BCUT2D eigenvalue weighted by Crippen LogP contribution is 2.24. The highest BCUT2D eigenvalue weighted by atomic mass is 15.2. The van der Waals surface area contributed by atoms with Gasteiger partial charge in [0.05, 0.1) is 6.20 Å². The van der Waals surface area contributed by atoms with Crippen LogP contribution in [0.1, 0.15) is 19.4 Å². The zero-order valence-corrected chi connectivity index (χ0v) is 15.2. The lowest BCUT2D eigenvalue weighted by Crippen LogP contribution is -2.04. The van der Waals surface area contributed by atoms with Crippen LogP contribution in [0.4, 0.5) is 17.6 Å². The fourth-order valence-electron chi connectivity index (χ4n) is 3.04. The van der Waals surface area contributed by atoms with Gasteiger partial charge >= 0.3 is 0 Å². The van der Waals surface area contributed by atoms with Gasteiger partial charge in [-0.05, 0) is 31.0 Å². The lowest BCUT2D eigenvalue weighted by atomic mass is 10.1. The molecule has 0 amide bonds. The molecule has 3 N–H and O–H groups in total. The van der Waals surface area contributed by atoms with Crippen LogP contribution in [0.15, 0.2) is 42.7 Å². The number of nitrogens with zero attached hydrogens (tertiary/aromatic N) is 6. The molecular formula is C19H20N8. The molecule has 8 nitrogen and oxygen atoms in total. The van der Waals surface area contributed by atoms with Crippen molar-refractivity contribution in [3.8, 4) is 11.5 Å². The Morgan fingerprint density at radius 1 is 1.04 bits per heavy atom. The van der Waals surface area contributed by atoms with Gasteiger partial charge in [-0.2, -0.15) is 4.98 Å². The zero-order valence-electron chi connectivity index (χ0n) is 15.2. The Labute approximate surface area is 156 Å². The Bertz CT molecular complexity index is 1100. The minimum atomic E-state index is 0.215. The summed E-state index contributed by atoms with van der Waals surface area (Å²) in [5.41, 5.74) is 10.1. The van der Waals surface area contributed by atoms with E-state index in [1.807, 2.05) is 29.7 Å². The van der Waals surface area contributed by atoms with E-state index < -0.39 is 0 Å². The standard InChI is InChI=1S/C19H20N8/c1-3-12-7-5-6-8-13(12)25-19-22-11-15-17(26-19)27(4-2)16(23-15)14-9-10-21-18(20)24-14/h5-11H,3-4H2,1-2H3,(H2,20,21,24)(H,22,25,26).